The van der Waals surface area contributed by atoms with Gasteiger partial charge < -0.3 is 9.31 Å². The molecule has 2 rings (SSSR count). The zero-order valence-electron chi connectivity index (χ0n) is 12.4. The molecular weight excluding hydrogens is 282 g/mol. The fraction of sp³-hybridized carbons (Fsp3) is 0.643. The molecule has 3 nitrogen and oxygen atoms in total. The van der Waals surface area contributed by atoms with Crippen LogP contribution >= 0.6 is 0 Å². The fourth-order valence-electron chi connectivity index (χ4n) is 2.31. The average molecular weight is 299 g/mol. The molecular formula is C14H17BF3NO2. The minimum absolute atomic E-state index is 0.214. The predicted octanol–water partition coefficient (Wildman–Crippen LogP) is 3.79. The SMILES string of the molecule is CC1(C)OB(C2(C(F)(F)F)C=CC(C#N)=CC2)OC1(C)C. The van der Waals surface area contributed by atoms with Crippen LogP contribution in [0, 0.1) is 11.3 Å². The summed E-state index contributed by atoms with van der Waals surface area (Å²) in [5.74, 6) is 0. The molecule has 0 saturated carbocycles. The van der Waals surface area contributed by atoms with Crippen molar-refractivity contribution in [3.63, 3.8) is 0 Å². The lowest BCUT2D eigenvalue weighted by Gasteiger charge is -2.35. The summed E-state index contributed by atoms with van der Waals surface area (Å²) < 4.78 is 52.2. The molecule has 1 heterocycles. The topological polar surface area (TPSA) is 42.2 Å². The van der Waals surface area contributed by atoms with E-state index in [0.29, 0.717) is 0 Å². The molecule has 7 heteroatoms. The summed E-state index contributed by atoms with van der Waals surface area (Å²) in [7, 11) is -1.43. The van der Waals surface area contributed by atoms with Gasteiger partial charge in [-0.25, -0.2) is 0 Å². The third-order valence-electron chi connectivity index (χ3n) is 4.55. The van der Waals surface area contributed by atoms with E-state index < -0.39 is 29.8 Å². The quantitative estimate of drug-likeness (QED) is 0.692. The molecule has 1 saturated heterocycles. The lowest BCUT2D eigenvalue weighted by atomic mass is 9.53. The molecule has 0 N–H and O–H groups in total. The van der Waals surface area contributed by atoms with Gasteiger partial charge in [0.15, 0.2) is 0 Å². The highest BCUT2D eigenvalue weighted by atomic mass is 19.4. The number of nitriles is 1. The first-order valence-corrected chi connectivity index (χ1v) is 6.67. The van der Waals surface area contributed by atoms with E-state index in [0.717, 1.165) is 6.08 Å². The van der Waals surface area contributed by atoms with E-state index in [1.54, 1.807) is 27.7 Å². The van der Waals surface area contributed by atoms with Crippen LogP contribution in [-0.4, -0.2) is 24.5 Å². The Kier molecular flexibility index (Phi) is 3.55. The van der Waals surface area contributed by atoms with Gasteiger partial charge in [-0.3, -0.25) is 0 Å². The molecule has 0 aromatic carbocycles. The van der Waals surface area contributed by atoms with Crippen LogP contribution in [0.25, 0.3) is 0 Å². The standard InChI is InChI=1S/C14H17BF3NO2/c1-11(2)12(3,4)21-15(20-11)13(14(16,17)18)7-5-10(9-19)6-8-13/h5-7H,8H2,1-4H3. The fourth-order valence-corrected chi connectivity index (χ4v) is 2.31. The minimum Gasteiger partial charge on any atom is -0.402 e. The Labute approximate surface area is 122 Å². The molecule has 0 radical (unpaired) electrons. The van der Waals surface area contributed by atoms with Gasteiger partial charge in [-0.05, 0) is 40.2 Å². The normalized spacial score (nSPS) is 31.0. The van der Waals surface area contributed by atoms with Crippen molar-refractivity contribution in [2.75, 3.05) is 0 Å². The lowest BCUT2D eigenvalue weighted by molar-refractivity contribution is -0.160. The molecule has 0 spiro atoms. The van der Waals surface area contributed by atoms with Gasteiger partial charge in [0.1, 0.15) is 5.31 Å². The van der Waals surface area contributed by atoms with E-state index in [2.05, 4.69) is 0 Å². The summed E-state index contributed by atoms with van der Waals surface area (Å²) in [6.45, 7) is 6.83. The van der Waals surface area contributed by atoms with Gasteiger partial charge in [-0.15, -0.1) is 0 Å². The van der Waals surface area contributed by atoms with Crippen LogP contribution in [0.4, 0.5) is 13.2 Å². The van der Waals surface area contributed by atoms with Crippen LogP contribution in [0.1, 0.15) is 34.1 Å². The molecule has 114 valence electrons. The number of rotatable bonds is 1. The molecule has 2 aliphatic rings. The molecule has 1 atom stereocenters. The van der Waals surface area contributed by atoms with Crippen LogP contribution < -0.4 is 0 Å². The number of nitrogens with zero attached hydrogens (tertiary/aromatic N) is 1. The summed E-state index contributed by atoms with van der Waals surface area (Å²) in [5, 5.41) is 6.52. The van der Waals surface area contributed by atoms with Gasteiger partial charge >= 0.3 is 13.3 Å². The number of hydrogen-bond donors (Lipinski definition) is 0. The van der Waals surface area contributed by atoms with Crippen LogP contribution in [0.15, 0.2) is 23.8 Å². The molecule has 1 aliphatic carbocycles. The second-order valence-electron chi connectivity index (χ2n) is 6.44. The van der Waals surface area contributed by atoms with Crippen molar-refractivity contribution < 1.29 is 22.5 Å². The Hall–Kier alpha value is -1.26. The maximum Gasteiger partial charge on any atom is 0.478 e. The van der Waals surface area contributed by atoms with Crippen molar-refractivity contribution in [1.82, 2.24) is 0 Å². The Morgan fingerprint density at radius 2 is 1.71 bits per heavy atom. The van der Waals surface area contributed by atoms with Gasteiger partial charge in [-0.2, -0.15) is 18.4 Å². The highest BCUT2D eigenvalue weighted by Gasteiger charge is 2.68. The number of allylic oxidation sites excluding steroid dienone is 4. The van der Waals surface area contributed by atoms with Crippen molar-refractivity contribution in [1.29, 1.82) is 5.26 Å². The Balaban J connectivity index is 2.41. The first kappa shape index (κ1) is 16.1. The summed E-state index contributed by atoms with van der Waals surface area (Å²) >= 11 is 0. The van der Waals surface area contributed by atoms with Crippen LogP contribution in [0.3, 0.4) is 0 Å². The van der Waals surface area contributed by atoms with Crippen molar-refractivity contribution in [2.24, 2.45) is 0 Å². The van der Waals surface area contributed by atoms with Crippen LogP contribution in [0.5, 0.6) is 0 Å². The lowest BCUT2D eigenvalue weighted by Crippen LogP contribution is -2.45. The molecule has 0 bridgehead atoms. The third kappa shape index (κ3) is 2.41. The molecule has 1 fully saturated rings. The van der Waals surface area contributed by atoms with Crippen LogP contribution in [0.2, 0.25) is 5.31 Å². The first-order chi connectivity index (χ1) is 9.45. The summed E-state index contributed by atoms with van der Waals surface area (Å²) in [6, 6.07) is 1.84. The van der Waals surface area contributed by atoms with E-state index in [1.807, 2.05) is 6.07 Å². The predicted molar refractivity (Wildman–Crippen MR) is 72.3 cm³/mol. The maximum absolute atomic E-state index is 13.7. The molecule has 1 aliphatic heterocycles. The van der Waals surface area contributed by atoms with E-state index in [-0.39, 0.29) is 12.0 Å². The second kappa shape index (κ2) is 4.62. The maximum atomic E-state index is 13.7. The summed E-state index contributed by atoms with van der Waals surface area (Å²) in [6.07, 6.45) is -1.46. The summed E-state index contributed by atoms with van der Waals surface area (Å²) in [5.41, 5.74) is -1.47. The van der Waals surface area contributed by atoms with Crippen molar-refractivity contribution in [3.05, 3.63) is 23.8 Å². The van der Waals surface area contributed by atoms with E-state index in [4.69, 9.17) is 14.6 Å². The highest BCUT2D eigenvalue weighted by molar-refractivity contribution is 6.51. The molecule has 1 unspecified atom stereocenters. The van der Waals surface area contributed by atoms with Gasteiger partial charge in [-0.1, -0.05) is 12.2 Å². The first-order valence-electron chi connectivity index (χ1n) is 6.67. The Morgan fingerprint density at radius 3 is 2.05 bits per heavy atom. The van der Waals surface area contributed by atoms with E-state index in [1.165, 1.54) is 12.2 Å². The van der Waals surface area contributed by atoms with Gasteiger partial charge in [0, 0.05) is 5.57 Å². The minimum atomic E-state index is -4.54. The molecule has 0 aromatic heterocycles. The monoisotopic (exact) mass is 299 g/mol. The van der Waals surface area contributed by atoms with Crippen molar-refractivity contribution in [2.45, 2.75) is 56.8 Å². The number of alkyl halides is 3. The largest absolute Gasteiger partial charge is 0.478 e. The molecule has 21 heavy (non-hydrogen) atoms. The van der Waals surface area contributed by atoms with Gasteiger partial charge in [0.25, 0.3) is 0 Å². The number of hydrogen-bond acceptors (Lipinski definition) is 3. The van der Waals surface area contributed by atoms with E-state index in [9.17, 15) is 13.2 Å². The molecule has 0 amide bonds. The van der Waals surface area contributed by atoms with Gasteiger partial charge in [0.2, 0.25) is 0 Å². The Bertz CT molecular complexity index is 529. The summed E-state index contributed by atoms with van der Waals surface area (Å²) in [4.78, 5) is 0. The highest BCUT2D eigenvalue weighted by Crippen LogP contribution is 2.57. The smallest absolute Gasteiger partial charge is 0.402 e. The van der Waals surface area contributed by atoms with Crippen molar-refractivity contribution >= 4 is 7.12 Å². The average Bonchev–Trinajstić information content (AvgIpc) is 2.57. The second-order valence-corrected chi connectivity index (χ2v) is 6.44. The van der Waals surface area contributed by atoms with Gasteiger partial charge in [0.05, 0.1) is 17.3 Å². The number of halogens is 3. The third-order valence-corrected chi connectivity index (χ3v) is 4.55. The van der Waals surface area contributed by atoms with E-state index >= 15 is 0 Å². The van der Waals surface area contributed by atoms with Crippen molar-refractivity contribution in [3.8, 4) is 6.07 Å². The Morgan fingerprint density at radius 1 is 1.19 bits per heavy atom. The zero-order valence-corrected chi connectivity index (χ0v) is 12.4. The van der Waals surface area contributed by atoms with Crippen LogP contribution in [-0.2, 0) is 9.31 Å². The zero-order chi connectivity index (χ0) is 16.1. The molecule has 0 aromatic rings.